The van der Waals surface area contributed by atoms with Crippen LogP contribution in [0.4, 0.5) is 0 Å². The molecule has 1 aliphatic carbocycles. The monoisotopic (exact) mass is 234 g/mol. The number of nitrogens with zero attached hydrogens (tertiary/aromatic N) is 1. The number of nitrogens with two attached hydrogens (primary N) is 1. The van der Waals surface area contributed by atoms with Crippen LogP contribution in [0.25, 0.3) is 0 Å². The Morgan fingerprint density at radius 3 is 2.59 bits per heavy atom. The van der Waals surface area contributed by atoms with Crippen molar-refractivity contribution in [1.82, 2.24) is 4.98 Å². The number of aromatic nitrogens is 1. The van der Waals surface area contributed by atoms with Crippen molar-refractivity contribution in [3.05, 3.63) is 24.0 Å². The average Bonchev–Trinajstić information content (AvgIpc) is 2.33. The minimum atomic E-state index is 0.355. The minimum absolute atomic E-state index is 0.355. The molecular formula is C14H22N2O. The van der Waals surface area contributed by atoms with Gasteiger partial charge in [0.1, 0.15) is 5.75 Å². The Labute approximate surface area is 103 Å². The Morgan fingerprint density at radius 2 is 2.06 bits per heavy atom. The maximum Gasteiger partial charge on any atom is 0.138 e. The van der Waals surface area contributed by atoms with Crippen molar-refractivity contribution in [1.29, 1.82) is 0 Å². The third kappa shape index (κ3) is 3.43. The van der Waals surface area contributed by atoms with E-state index >= 15 is 0 Å². The zero-order valence-electron chi connectivity index (χ0n) is 10.8. The molecule has 3 heteroatoms. The molecule has 94 valence electrons. The zero-order chi connectivity index (χ0) is 12.3. The van der Waals surface area contributed by atoms with E-state index in [-0.39, 0.29) is 0 Å². The summed E-state index contributed by atoms with van der Waals surface area (Å²) in [7, 11) is 0. The first-order valence-corrected chi connectivity index (χ1v) is 6.41. The summed E-state index contributed by atoms with van der Waals surface area (Å²) in [5.41, 5.74) is 6.90. The fourth-order valence-electron chi connectivity index (χ4n) is 2.28. The van der Waals surface area contributed by atoms with Crippen LogP contribution in [0.15, 0.2) is 18.3 Å². The van der Waals surface area contributed by atoms with E-state index in [9.17, 15) is 0 Å². The molecule has 1 fully saturated rings. The van der Waals surface area contributed by atoms with Gasteiger partial charge < -0.3 is 10.5 Å². The first-order chi connectivity index (χ1) is 8.09. The van der Waals surface area contributed by atoms with E-state index in [1.54, 1.807) is 6.20 Å². The predicted molar refractivity (Wildman–Crippen MR) is 68.8 cm³/mol. The van der Waals surface area contributed by atoms with Crippen molar-refractivity contribution in [2.75, 3.05) is 0 Å². The molecule has 0 saturated heterocycles. The lowest BCUT2D eigenvalue weighted by Gasteiger charge is -2.34. The first-order valence-electron chi connectivity index (χ1n) is 6.41. The standard InChI is InChI=1S/C14H22N2O/c1-14(2)7-5-12(6-8-14)17-13-4-3-11(9-15)16-10-13/h3-4,10,12H,5-9,15H2,1-2H3. The maximum atomic E-state index is 5.94. The van der Waals surface area contributed by atoms with Crippen LogP contribution in [0, 0.1) is 5.41 Å². The molecule has 0 unspecified atom stereocenters. The quantitative estimate of drug-likeness (QED) is 0.874. The van der Waals surface area contributed by atoms with Gasteiger partial charge in [0.25, 0.3) is 0 Å². The second-order valence-corrected chi connectivity index (χ2v) is 5.67. The van der Waals surface area contributed by atoms with Gasteiger partial charge >= 0.3 is 0 Å². The van der Waals surface area contributed by atoms with Gasteiger partial charge in [0, 0.05) is 6.54 Å². The molecule has 0 spiro atoms. The molecule has 1 heterocycles. The Kier molecular flexibility index (Phi) is 3.67. The van der Waals surface area contributed by atoms with Crippen LogP contribution in [-0.4, -0.2) is 11.1 Å². The maximum absolute atomic E-state index is 5.94. The largest absolute Gasteiger partial charge is 0.489 e. The van der Waals surface area contributed by atoms with Gasteiger partial charge in [-0.1, -0.05) is 13.8 Å². The first kappa shape index (κ1) is 12.4. The van der Waals surface area contributed by atoms with Crippen molar-refractivity contribution in [2.45, 2.75) is 52.2 Å². The molecule has 0 atom stereocenters. The molecule has 0 aliphatic heterocycles. The van der Waals surface area contributed by atoms with Crippen LogP contribution in [-0.2, 0) is 6.54 Å². The van der Waals surface area contributed by atoms with Gasteiger partial charge in [0.2, 0.25) is 0 Å². The number of pyridine rings is 1. The summed E-state index contributed by atoms with van der Waals surface area (Å²) in [5.74, 6) is 0.868. The highest BCUT2D eigenvalue weighted by Crippen LogP contribution is 2.36. The molecule has 1 aliphatic rings. The second kappa shape index (κ2) is 5.05. The van der Waals surface area contributed by atoms with Crippen LogP contribution >= 0.6 is 0 Å². The summed E-state index contributed by atoms with van der Waals surface area (Å²) in [6, 6.07) is 3.90. The van der Waals surface area contributed by atoms with Crippen LogP contribution in [0.5, 0.6) is 5.75 Å². The van der Waals surface area contributed by atoms with E-state index in [0.717, 1.165) is 24.3 Å². The lowest BCUT2D eigenvalue weighted by atomic mass is 9.76. The van der Waals surface area contributed by atoms with Gasteiger partial charge in [-0.2, -0.15) is 0 Å². The third-order valence-corrected chi connectivity index (χ3v) is 3.60. The molecule has 2 rings (SSSR count). The molecule has 0 radical (unpaired) electrons. The number of hydrogen-bond donors (Lipinski definition) is 1. The van der Waals surface area contributed by atoms with Crippen LogP contribution in [0.2, 0.25) is 0 Å². The lowest BCUT2D eigenvalue weighted by molar-refractivity contribution is 0.0984. The van der Waals surface area contributed by atoms with Crippen LogP contribution in [0.3, 0.4) is 0 Å². The Balaban J connectivity index is 1.89. The molecule has 17 heavy (non-hydrogen) atoms. The molecule has 0 aromatic carbocycles. The fraction of sp³-hybridized carbons (Fsp3) is 0.643. The second-order valence-electron chi connectivity index (χ2n) is 5.67. The molecule has 1 aromatic rings. The van der Waals surface area contributed by atoms with Crippen molar-refractivity contribution in [3.63, 3.8) is 0 Å². The summed E-state index contributed by atoms with van der Waals surface area (Å²) in [5, 5.41) is 0. The summed E-state index contributed by atoms with van der Waals surface area (Å²) in [6.07, 6.45) is 6.91. The number of hydrogen-bond acceptors (Lipinski definition) is 3. The zero-order valence-corrected chi connectivity index (χ0v) is 10.8. The molecule has 1 aromatic heterocycles. The van der Waals surface area contributed by atoms with Crippen molar-refractivity contribution < 1.29 is 4.74 Å². The molecule has 3 nitrogen and oxygen atoms in total. The Morgan fingerprint density at radius 1 is 1.35 bits per heavy atom. The van der Waals surface area contributed by atoms with Crippen LogP contribution in [0.1, 0.15) is 45.2 Å². The Bertz CT molecular complexity index is 349. The van der Waals surface area contributed by atoms with Crippen molar-refractivity contribution in [2.24, 2.45) is 11.1 Å². The average molecular weight is 234 g/mol. The van der Waals surface area contributed by atoms with Gasteiger partial charge in [-0.25, -0.2) is 0 Å². The van der Waals surface area contributed by atoms with Gasteiger partial charge in [-0.15, -0.1) is 0 Å². The smallest absolute Gasteiger partial charge is 0.138 e. The summed E-state index contributed by atoms with van der Waals surface area (Å²) < 4.78 is 5.94. The molecule has 0 amide bonds. The van der Waals surface area contributed by atoms with Gasteiger partial charge in [-0.05, 0) is 43.2 Å². The molecule has 1 saturated carbocycles. The van der Waals surface area contributed by atoms with Gasteiger partial charge in [-0.3, -0.25) is 4.98 Å². The van der Waals surface area contributed by atoms with Gasteiger partial charge in [0.15, 0.2) is 0 Å². The highest BCUT2D eigenvalue weighted by atomic mass is 16.5. The summed E-state index contributed by atoms with van der Waals surface area (Å²) in [6.45, 7) is 5.15. The molecular weight excluding hydrogens is 212 g/mol. The van der Waals surface area contributed by atoms with E-state index in [4.69, 9.17) is 10.5 Å². The Hall–Kier alpha value is -1.09. The van der Waals surface area contributed by atoms with Crippen LogP contribution < -0.4 is 10.5 Å². The lowest BCUT2D eigenvalue weighted by Crippen LogP contribution is -2.28. The summed E-state index contributed by atoms with van der Waals surface area (Å²) >= 11 is 0. The minimum Gasteiger partial charge on any atom is -0.489 e. The van der Waals surface area contributed by atoms with Gasteiger partial charge in [0.05, 0.1) is 18.0 Å². The van der Waals surface area contributed by atoms with Crippen molar-refractivity contribution >= 4 is 0 Å². The number of rotatable bonds is 3. The van der Waals surface area contributed by atoms with E-state index in [1.165, 1.54) is 12.8 Å². The predicted octanol–water partition coefficient (Wildman–Crippen LogP) is 2.89. The topological polar surface area (TPSA) is 48.1 Å². The van der Waals surface area contributed by atoms with E-state index in [1.807, 2.05) is 12.1 Å². The molecule has 2 N–H and O–H groups in total. The summed E-state index contributed by atoms with van der Waals surface area (Å²) in [4.78, 5) is 4.24. The van der Waals surface area contributed by atoms with Crippen molar-refractivity contribution in [3.8, 4) is 5.75 Å². The highest BCUT2D eigenvalue weighted by Gasteiger charge is 2.27. The normalized spacial score (nSPS) is 20.2. The van der Waals surface area contributed by atoms with E-state index in [2.05, 4.69) is 18.8 Å². The number of ether oxygens (including phenoxy) is 1. The highest BCUT2D eigenvalue weighted by molar-refractivity contribution is 5.20. The van der Waals surface area contributed by atoms with E-state index < -0.39 is 0 Å². The SMILES string of the molecule is CC1(C)CCC(Oc2ccc(CN)nc2)CC1. The third-order valence-electron chi connectivity index (χ3n) is 3.60. The molecule has 0 bridgehead atoms. The van der Waals surface area contributed by atoms with E-state index in [0.29, 0.717) is 18.1 Å². The fourth-order valence-corrected chi connectivity index (χ4v) is 2.28.